The third-order valence-corrected chi connectivity index (χ3v) is 1.79. The highest BCUT2D eigenvalue weighted by molar-refractivity contribution is 5.96. The third kappa shape index (κ3) is 2.42. The van der Waals surface area contributed by atoms with Crippen LogP contribution in [0, 0.1) is 34.6 Å². The lowest BCUT2D eigenvalue weighted by atomic mass is 10.1. The molecule has 0 radical (unpaired) electrons. The van der Waals surface area contributed by atoms with Gasteiger partial charge in [-0.05, 0) is 6.08 Å². The summed E-state index contributed by atoms with van der Waals surface area (Å²) in [6, 6.07) is 1.11. The van der Waals surface area contributed by atoms with E-state index >= 15 is 0 Å². The Morgan fingerprint density at radius 3 is 2.06 bits per heavy atom. The molecule has 1 N–H and O–H groups in total. The highest BCUT2D eigenvalue weighted by Crippen LogP contribution is 2.21. The summed E-state index contributed by atoms with van der Waals surface area (Å²) < 4.78 is 51.6. The Morgan fingerprint density at radius 2 is 1.71 bits per heavy atom. The van der Waals surface area contributed by atoms with Crippen LogP contribution in [0.1, 0.15) is 5.56 Å². The van der Waals surface area contributed by atoms with Crippen molar-refractivity contribution in [1.29, 1.82) is 5.26 Å². The Morgan fingerprint density at radius 1 is 1.24 bits per heavy atom. The Labute approximate surface area is 92.2 Å². The molecule has 7 heteroatoms. The number of benzene rings is 1. The number of nitrogens with zero attached hydrogens (tertiary/aromatic N) is 1. The Kier molecular flexibility index (Phi) is 3.48. The molecule has 0 saturated carbocycles. The van der Waals surface area contributed by atoms with E-state index in [4.69, 9.17) is 10.4 Å². The number of hydrogen-bond acceptors (Lipinski definition) is 2. The molecule has 0 amide bonds. The van der Waals surface area contributed by atoms with Crippen molar-refractivity contribution in [2.45, 2.75) is 0 Å². The molecule has 88 valence electrons. The van der Waals surface area contributed by atoms with Gasteiger partial charge in [-0.15, -0.1) is 0 Å². The minimum Gasteiger partial charge on any atom is -0.477 e. The second-order valence-corrected chi connectivity index (χ2v) is 2.86. The average molecular weight is 245 g/mol. The van der Waals surface area contributed by atoms with Gasteiger partial charge in [0.1, 0.15) is 11.6 Å². The molecule has 0 aliphatic heterocycles. The van der Waals surface area contributed by atoms with E-state index in [0.717, 1.165) is 6.07 Å². The van der Waals surface area contributed by atoms with Crippen LogP contribution in [0.3, 0.4) is 0 Å². The molecular formula is C10H3F4NO2. The lowest BCUT2D eigenvalue weighted by molar-refractivity contribution is -0.132. The molecule has 0 aromatic heterocycles. The standard InChI is InChI=1S/C10H3F4NO2/c11-6-2-7(12)9(14)5(8(6)13)1-4(3-15)10(16)17/h1-2H,(H,16,17). The van der Waals surface area contributed by atoms with Crippen LogP contribution in [0.25, 0.3) is 6.08 Å². The van der Waals surface area contributed by atoms with E-state index in [1.54, 1.807) is 0 Å². The normalized spacial score (nSPS) is 11.1. The van der Waals surface area contributed by atoms with Gasteiger partial charge >= 0.3 is 5.97 Å². The summed E-state index contributed by atoms with van der Waals surface area (Å²) in [6.07, 6.45) is 0.221. The smallest absolute Gasteiger partial charge is 0.346 e. The van der Waals surface area contributed by atoms with Crippen molar-refractivity contribution in [2.24, 2.45) is 0 Å². The fourth-order valence-corrected chi connectivity index (χ4v) is 1.00. The molecule has 0 unspecified atom stereocenters. The second kappa shape index (κ2) is 4.65. The molecule has 0 saturated heterocycles. The maximum atomic E-state index is 13.1. The van der Waals surface area contributed by atoms with Crippen LogP contribution in [-0.4, -0.2) is 11.1 Å². The van der Waals surface area contributed by atoms with Crippen LogP contribution in [-0.2, 0) is 4.79 Å². The second-order valence-electron chi connectivity index (χ2n) is 2.86. The van der Waals surface area contributed by atoms with E-state index in [0.29, 0.717) is 0 Å². The fourth-order valence-electron chi connectivity index (χ4n) is 1.00. The molecule has 3 nitrogen and oxygen atoms in total. The molecule has 0 aliphatic carbocycles. The first kappa shape index (κ1) is 12.7. The monoisotopic (exact) mass is 245 g/mol. The summed E-state index contributed by atoms with van der Waals surface area (Å²) >= 11 is 0. The van der Waals surface area contributed by atoms with Crippen LogP contribution in [0.4, 0.5) is 17.6 Å². The molecule has 1 rings (SSSR count). The molecule has 1 aromatic rings. The van der Waals surface area contributed by atoms with Crippen molar-refractivity contribution < 1.29 is 27.5 Å². The van der Waals surface area contributed by atoms with Crippen LogP contribution in [0.5, 0.6) is 0 Å². The lowest BCUT2D eigenvalue weighted by Crippen LogP contribution is -2.02. The Hall–Kier alpha value is -2.36. The van der Waals surface area contributed by atoms with Gasteiger partial charge in [0.15, 0.2) is 23.3 Å². The number of carbonyl (C=O) groups is 1. The van der Waals surface area contributed by atoms with Gasteiger partial charge in [-0.1, -0.05) is 0 Å². The largest absolute Gasteiger partial charge is 0.477 e. The zero-order chi connectivity index (χ0) is 13.2. The van der Waals surface area contributed by atoms with E-state index in [1.807, 2.05) is 0 Å². The SMILES string of the molecule is N#CC(=Cc1c(F)c(F)cc(F)c1F)C(=O)O. The molecule has 0 heterocycles. The number of halogens is 4. The van der Waals surface area contributed by atoms with Gasteiger partial charge in [0.05, 0.1) is 5.56 Å². The van der Waals surface area contributed by atoms with E-state index in [1.165, 1.54) is 0 Å². The van der Waals surface area contributed by atoms with Crippen molar-refractivity contribution in [3.63, 3.8) is 0 Å². The van der Waals surface area contributed by atoms with Crippen molar-refractivity contribution >= 4 is 12.0 Å². The van der Waals surface area contributed by atoms with E-state index in [9.17, 15) is 22.4 Å². The van der Waals surface area contributed by atoms with E-state index in [2.05, 4.69) is 0 Å². The topological polar surface area (TPSA) is 61.1 Å². The molecule has 0 aliphatic rings. The molecular weight excluding hydrogens is 242 g/mol. The molecule has 1 aromatic carbocycles. The zero-order valence-electron chi connectivity index (χ0n) is 7.97. The minimum atomic E-state index is -1.77. The summed E-state index contributed by atoms with van der Waals surface area (Å²) in [5, 5.41) is 16.8. The van der Waals surface area contributed by atoms with Crippen LogP contribution in [0.2, 0.25) is 0 Å². The van der Waals surface area contributed by atoms with Crippen LogP contribution in [0.15, 0.2) is 11.6 Å². The van der Waals surface area contributed by atoms with Crippen molar-refractivity contribution in [1.82, 2.24) is 0 Å². The summed E-state index contributed by atoms with van der Waals surface area (Å²) in [4.78, 5) is 10.4. The fraction of sp³-hybridized carbons (Fsp3) is 0. The van der Waals surface area contributed by atoms with E-state index in [-0.39, 0.29) is 12.1 Å². The molecule has 0 spiro atoms. The maximum absolute atomic E-state index is 13.1. The van der Waals surface area contributed by atoms with Gasteiger partial charge in [-0.2, -0.15) is 5.26 Å². The van der Waals surface area contributed by atoms with Crippen molar-refractivity contribution in [3.8, 4) is 6.07 Å². The van der Waals surface area contributed by atoms with Gasteiger partial charge in [0, 0.05) is 6.07 Å². The first-order chi connectivity index (χ1) is 7.88. The number of rotatable bonds is 2. The number of hydrogen-bond donors (Lipinski definition) is 1. The van der Waals surface area contributed by atoms with Gasteiger partial charge in [0.2, 0.25) is 0 Å². The van der Waals surface area contributed by atoms with Gasteiger partial charge in [0.25, 0.3) is 0 Å². The summed E-state index contributed by atoms with van der Waals surface area (Å²) in [6.45, 7) is 0. The first-order valence-corrected chi connectivity index (χ1v) is 4.06. The van der Waals surface area contributed by atoms with Crippen LogP contribution >= 0.6 is 0 Å². The Bertz CT molecular complexity index is 534. The van der Waals surface area contributed by atoms with Crippen molar-refractivity contribution in [3.05, 3.63) is 40.5 Å². The van der Waals surface area contributed by atoms with Gasteiger partial charge in [-0.25, -0.2) is 22.4 Å². The van der Waals surface area contributed by atoms with Crippen LogP contribution < -0.4 is 0 Å². The van der Waals surface area contributed by atoms with Crippen molar-refractivity contribution in [2.75, 3.05) is 0 Å². The highest BCUT2D eigenvalue weighted by Gasteiger charge is 2.19. The van der Waals surface area contributed by atoms with Gasteiger partial charge in [-0.3, -0.25) is 0 Å². The average Bonchev–Trinajstić information content (AvgIpc) is 2.26. The number of aliphatic carboxylic acids is 1. The minimum absolute atomic E-state index is 0.0190. The Balaban J connectivity index is 3.53. The van der Waals surface area contributed by atoms with E-state index < -0.39 is 40.4 Å². The molecule has 0 fully saturated rings. The quantitative estimate of drug-likeness (QED) is 0.376. The lowest BCUT2D eigenvalue weighted by Gasteiger charge is -2.02. The maximum Gasteiger partial charge on any atom is 0.346 e. The highest BCUT2D eigenvalue weighted by atomic mass is 19.2. The summed E-state index contributed by atoms with van der Waals surface area (Å²) in [5.74, 6) is -8.66. The first-order valence-electron chi connectivity index (χ1n) is 4.06. The molecule has 17 heavy (non-hydrogen) atoms. The number of nitriles is 1. The zero-order valence-corrected chi connectivity index (χ0v) is 7.97. The summed E-state index contributed by atoms with van der Waals surface area (Å²) in [7, 11) is 0. The predicted molar refractivity (Wildman–Crippen MR) is 47.5 cm³/mol. The number of carboxylic acids is 1. The van der Waals surface area contributed by atoms with Gasteiger partial charge < -0.3 is 5.11 Å². The summed E-state index contributed by atoms with van der Waals surface area (Å²) in [5.41, 5.74) is -2.30. The molecule has 0 bridgehead atoms. The third-order valence-electron chi connectivity index (χ3n) is 1.79. The number of carboxylic acid groups (broad SMARTS) is 1. The molecule has 0 atom stereocenters. The predicted octanol–water partition coefficient (Wildman–Crippen LogP) is 2.23.